The van der Waals surface area contributed by atoms with Crippen LogP contribution in [0.4, 0.5) is 0 Å². The zero-order valence-corrected chi connectivity index (χ0v) is 28.3. The van der Waals surface area contributed by atoms with Gasteiger partial charge in [-0.1, -0.05) is 73.7 Å². The van der Waals surface area contributed by atoms with Crippen molar-refractivity contribution in [1.82, 2.24) is 25.8 Å². The molecular weight excluding hydrogens is 620 g/mol. The monoisotopic (exact) mass is 675 g/mol. The maximum absolute atomic E-state index is 14.0. The normalized spacial score (nSPS) is 22.9. The van der Waals surface area contributed by atoms with Gasteiger partial charge in [0.25, 0.3) is 5.91 Å². The number of nitrogens with zero attached hydrogens (tertiary/aromatic N) is 2. The quantitative estimate of drug-likeness (QED) is 0.197. The Hall–Kier alpha value is -4.35. The first-order valence-electron chi connectivity index (χ1n) is 19.5. The molecular formula is C38H50N6O5. The number of amides is 4. The molecule has 2 aliphatic rings. The van der Waals surface area contributed by atoms with Crippen LogP contribution in [0.25, 0.3) is 10.9 Å². The van der Waals surface area contributed by atoms with Crippen LogP contribution in [0.5, 0.6) is 0 Å². The Kier molecular flexibility index (Phi) is 9.60. The number of β-amino-alcohol motifs (C(OH)–C–C–N with tert-alkyl or cyclic N) is 1. The molecule has 6 N–H and O–H groups in total. The highest BCUT2D eigenvalue weighted by Gasteiger charge is 2.42. The number of primary amides is 1. The van der Waals surface area contributed by atoms with E-state index in [0.717, 1.165) is 31.1 Å². The Labute approximate surface area is 295 Å². The van der Waals surface area contributed by atoms with E-state index < -0.39 is 90.5 Å². The van der Waals surface area contributed by atoms with E-state index in [1.807, 2.05) is 37.8 Å². The van der Waals surface area contributed by atoms with Crippen LogP contribution < -0.4 is 21.7 Å². The largest absolute Gasteiger partial charge is 0.390 e. The minimum absolute atomic E-state index is 0.0163. The molecule has 0 radical (unpaired) electrons. The zero-order chi connectivity index (χ0) is 39.5. The molecule has 262 valence electrons. The van der Waals surface area contributed by atoms with Crippen LogP contribution in [0.3, 0.4) is 0 Å². The van der Waals surface area contributed by atoms with Gasteiger partial charge in [-0.25, -0.2) is 4.98 Å². The molecule has 1 saturated heterocycles. The maximum atomic E-state index is 14.0. The van der Waals surface area contributed by atoms with Crippen LogP contribution in [0, 0.1) is 11.8 Å². The van der Waals surface area contributed by atoms with E-state index in [9.17, 15) is 24.3 Å². The number of rotatable bonds is 12. The molecule has 6 atom stereocenters. The zero-order valence-electron chi connectivity index (χ0n) is 33.3. The topological polar surface area (TPSA) is 167 Å². The van der Waals surface area contributed by atoms with E-state index in [0.29, 0.717) is 30.3 Å². The minimum atomic E-state index is -1.51. The van der Waals surface area contributed by atoms with E-state index >= 15 is 0 Å². The van der Waals surface area contributed by atoms with E-state index in [1.165, 1.54) is 6.07 Å². The van der Waals surface area contributed by atoms with Gasteiger partial charge >= 0.3 is 0 Å². The summed E-state index contributed by atoms with van der Waals surface area (Å²) in [6.45, 7) is 6.10. The number of likely N-dealkylation sites (tertiary alicyclic amines) is 1. The lowest BCUT2D eigenvalue weighted by Crippen LogP contribution is -2.61. The standard InChI is InChI=1S/C38H50N6O5/c1-38(2,3)43-37(49)32-20-26-14-7-8-15-27(26)22-44(32)23-33(45)30(19-24-11-5-4-6-12-24)41-36(48)31(21-34(39)46)42-35(47)29-18-17-25-13-9-10-16-28(25)40-29/h4-6,9-13,16-18,26-27,30-33,45H,7-8,14-15,19-23H2,1-3H3,(H2,39,46)(H,41,48)(H,42,47)(H,43,49)/t26-,27+,30-,31-,32-,33+/m0/s1/i4D,5D,6D,11D,12D. The molecule has 2 heterocycles. The summed E-state index contributed by atoms with van der Waals surface area (Å²) in [5, 5.41) is 21.0. The summed E-state index contributed by atoms with van der Waals surface area (Å²) in [4.78, 5) is 59.5. The molecule has 2 fully saturated rings. The molecule has 4 amide bonds. The molecule has 2 aromatic carbocycles. The number of aliphatic hydroxyl groups is 1. The van der Waals surface area contributed by atoms with Gasteiger partial charge in [-0.3, -0.25) is 24.1 Å². The number of nitrogens with one attached hydrogen (secondary N) is 3. The number of pyridine rings is 1. The third-order valence-corrected chi connectivity index (χ3v) is 9.35. The van der Waals surface area contributed by atoms with Crippen LogP contribution in [0.2, 0.25) is 0 Å². The van der Waals surface area contributed by atoms with Crippen molar-refractivity contribution in [2.24, 2.45) is 17.6 Å². The van der Waals surface area contributed by atoms with Crippen LogP contribution >= 0.6 is 0 Å². The molecule has 0 unspecified atom stereocenters. The number of piperidine rings is 1. The lowest BCUT2D eigenvalue weighted by atomic mass is 9.72. The van der Waals surface area contributed by atoms with Gasteiger partial charge in [-0.2, -0.15) is 0 Å². The number of hydrogen-bond donors (Lipinski definition) is 5. The fourth-order valence-corrected chi connectivity index (χ4v) is 6.99. The predicted molar refractivity (Wildman–Crippen MR) is 188 cm³/mol. The Morgan fingerprint density at radius 3 is 2.45 bits per heavy atom. The first-order valence-corrected chi connectivity index (χ1v) is 17.0. The molecule has 0 bridgehead atoms. The number of nitrogens with two attached hydrogens (primary N) is 1. The lowest BCUT2D eigenvalue weighted by molar-refractivity contribution is -0.133. The number of fused-ring (bicyclic) bond motifs is 2. The average molecular weight is 676 g/mol. The highest BCUT2D eigenvalue weighted by Crippen LogP contribution is 2.39. The van der Waals surface area contributed by atoms with E-state index in [2.05, 4.69) is 20.9 Å². The Balaban J connectivity index is 1.45. The SMILES string of the molecule is [2H]c1c([2H])c([2H])c(C[C@H](NC(=O)[C@H](CC(N)=O)NC(=O)c2ccc3ccccc3n2)[C@H](O)CN2C[C@H]3CCCC[C@H]3C[C@H]2C(=O)NC(C)(C)C)c([2H])c1[2H]. The first kappa shape index (κ1) is 29.6. The molecule has 1 aliphatic heterocycles. The molecule has 0 spiro atoms. The molecule has 1 aromatic heterocycles. The van der Waals surface area contributed by atoms with Crippen molar-refractivity contribution in [3.63, 3.8) is 0 Å². The van der Waals surface area contributed by atoms with E-state index in [4.69, 9.17) is 12.6 Å². The first-order chi connectivity index (χ1) is 25.4. The smallest absolute Gasteiger partial charge is 0.270 e. The van der Waals surface area contributed by atoms with Crippen molar-refractivity contribution in [2.45, 2.75) is 95.5 Å². The van der Waals surface area contributed by atoms with Gasteiger partial charge in [0, 0.05) is 24.0 Å². The van der Waals surface area contributed by atoms with Crippen LogP contribution in [-0.4, -0.2) is 81.5 Å². The average Bonchev–Trinajstić information content (AvgIpc) is 3.12. The van der Waals surface area contributed by atoms with Crippen molar-refractivity contribution >= 4 is 34.5 Å². The number of aromatic nitrogens is 1. The van der Waals surface area contributed by atoms with Crippen LogP contribution in [-0.2, 0) is 20.8 Å². The van der Waals surface area contributed by atoms with Gasteiger partial charge in [0.1, 0.15) is 11.7 Å². The summed E-state index contributed by atoms with van der Waals surface area (Å²) >= 11 is 0. The number of para-hydroxylation sites is 1. The van der Waals surface area contributed by atoms with Crippen molar-refractivity contribution < 1.29 is 31.1 Å². The van der Waals surface area contributed by atoms with E-state index in [1.54, 1.807) is 18.2 Å². The Morgan fingerprint density at radius 2 is 1.73 bits per heavy atom. The maximum Gasteiger partial charge on any atom is 0.270 e. The molecule has 11 heteroatoms. The second kappa shape index (κ2) is 15.9. The summed E-state index contributed by atoms with van der Waals surface area (Å²) in [5.74, 6) is -2.08. The van der Waals surface area contributed by atoms with Crippen LogP contribution in [0.15, 0.2) is 66.6 Å². The predicted octanol–water partition coefficient (Wildman–Crippen LogP) is 3.09. The summed E-state index contributed by atoms with van der Waals surface area (Å²) < 4.78 is 41.5. The highest BCUT2D eigenvalue weighted by molar-refractivity contribution is 5.99. The van der Waals surface area contributed by atoms with Crippen LogP contribution in [0.1, 0.15) is 82.2 Å². The molecule has 3 aromatic rings. The number of carbonyl (C=O) groups excluding carboxylic acids is 4. The second-order valence-electron chi connectivity index (χ2n) is 14.3. The third-order valence-electron chi connectivity index (χ3n) is 9.35. The van der Waals surface area contributed by atoms with Gasteiger partial charge in [-0.15, -0.1) is 0 Å². The molecule has 5 rings (SSSR count). The summed E-state index contributed by atoms with van der Waals surface area (Å²) in [6.07, 6.45) is 2.30. The summed E-state index contributed by atoms with van der Waals surface area (Å²) in [5.41, 5.74) is 5.36. The fourth-order valence-electron chi connectivity index (χ4n) is 6.99. The molecule has 49 heavy (non-hydrogen) atoms. The number of benzene rings is 2. The van der Waals surface area contributed by atoms with Gasteiger partial charge in [0.05, 0.1) is 37.0 Å². The Bertz CT molecular complexity index is 1880. The van der Waals surface area contributed by atoms with Crippen molar-refractivity contribution in [2.75, 3.05) is 13.1 Å². The van der Waals surface area contributed by atoms with Gasteiger partial charge < -0.3 is 26.8 Å². The van der Waals surface area contributed by atoms with Crippen molar-refractivity contribution in [3.8, 4) is 0 Å². The summed E-state index contributed by atoms with van der Waals surface area (Å²) in [7, 11) is 0. The number of carbonyl (C=O) groups is 4. The van der Waals surface area contributed by atoms with Crippen molar-refractivity contribution in [1.29, 1.82) is 0 Å². The lowest BCUT2D eigenvalue weighted by Gasteiger charge is -2.47. The highest BCUT2D eigenvalue weighted by atomic mass is 16.3. The molecule has 1 saturated carbocycles. The third kappa shape index (κ3) is 9.86. The summed E-state index contributed by atoms with van der Waals surface area (Å²) in [6, 6.07) is 4.18. The second-order valence-corrected chi connectivity index (χ2v) is 14.3. The van der Waals surface area contributed by atoms with Crippen molar-refractivity contribution in [3.05, 3.63) is 77.9 Å². The van der Waals surface area contributed by atoms with E-state index in [-0.39, 0.29) is 23.7 Å². The van der Waals surface area contributed by atoms with Gasteiger partial charge in [0.2, 0.25) is 17.7 Å². The number of aliphatic hydroxyl groups excluding tert-OH is 1. The molecule has 11 nitrogen and oxygen atoms in total. The van der Waals surface area contributed by atoms with Gasteiger partial charge in [0.15, 0.2) is 0 Å². The molecule has 1 aliphatic carbocycles. The number of hydrogen-bond acceptors (Lipinski definition) is 7. The van der Waals surface area contributed by atoms with Gasteiger partial charge in [-0.05, 0) is 69.6 Å². The Morgan fingerprint density at radius 1 is 1.02 bits per heavy atom. The fraction of sp³-hybridized carbons (Fsp3) is 0.500. The minimum Gasteiger partial charge on any atom is -0.390 e.